The molecular weight excluding hydrogens is 172 g/mol. The lowest BCUT2D eigenvalue weighted by atomic mass is 10.4. The lowest BCUT2D eigenvalue weighted by molar-refractivity contribution is 0.0519. The number of nitrogens with two attached hydrogens (primary N) is 1. The van der Waals surface area contributed by atoms with Crippen LogP contribution in [0.2, 0.25) is 0 Å². The summed E-state index contributed by atoms with van der Waals surface area (Å²) in [7, 11) is 0. The molecule has 0 bridgehead atoms. The Hall–Kier alpha value is -1.85. The van der Waals surface area contributed by atoms with E-state index in [-0.39, 0.29) is 11.7 Å². The Morgan fingerprint density at radius 2 is 2.54 bits per heavy atom. The maximum absolute atomic E-state index is 11.1. The van der Waals surface area contributed by atoms with E-state index in [4.69, 9.17) is 15.9 Å². The first-order chi connectivity index (χ1) is 6.15. The molecule has 0 aliphatic rings. The van der Waals surface area contributed by atoms with E-state index in [1.54, 1.807) is 6.92 Å². The quantitative estimate of drug-likeness (QED) is 0.376. The molecule has 0 atom stereocenters. The van der Waals surface area contributed by atoms with Crippen LogP contribution in [-0.2, 0) is 4.74 Å². The molecule has 0 aliphatic carbocycles. The molecule has 0 amide bonds. The van der Waals surface area contributed by atoms with E-state index in [1.165, 1.54) is 12.3 Å². The molecule has 0 spiro atoms. The monoisotopic (exact) mass is 182 g/mol. The third-order valence-corrected chi connectivity index (χ3v) is 1.32. The van der Waals surface area contributed by atoms with Crippen LogP contribution in [0.5, 0.6) is 0 Å². The maximum atomic E-state index is 11.1. The smallest absolute Gasteiger partial charge is 0.358 e. The first-order valence-electron chi connectivity index (χ1n) is 3.72. The molecule has 0 aliphatic heterocycles. The fourth-order valence-electron chi connectivity index (χ4n) is 0.772. The first-order valence-corrected chi connectivity index (χ1v) is 3.72. The van der Waals surface area contributed by atoms with E-state index in [0.29, 0.717) is 6.61 Å². The Kier molecular flexibility index (Phi) is 2.63. The fraction of sp³-hybridized carbons (Fsp3) is 0.286. The predicted molar refractivity (Wildman–Crippen MR) is 45.5 cm³/mol. The lowest BCUT2D eigenvalue weighted by Gasteiger charge is -1.97. The van der Waals surface area contributed by atoms with Crippen LogP contribution in [0.3, 0.4) is 0 Å². The van der Waals surface area contributed by atoms with Crippen molar-refractivity contribution in [2.75, 3.05) is 6.61 Å². The molecule has 1 aromatic rings. The number of carbonyl (C=O) groups excluding carboxylic acids is 1. The van der Waals surface area contributed by atoms with Gasteiger partial charge < -0.3 is 10.5 Å². The van der Waals surface area contributed by atoms with E-state index in [0.717, 1.165) is 4.68 Å². The average Bonchev–Trinajstić information content (AvgIpc) is 2.52. The van der Waals surface area contributed by atoms with Gasteiger partial charge in [-0.3, -0.25) is 5.41 Å². The second-order valence-corrected chi connectivity index (χ2v) is 2.25. The number of nitrogens with zero attached hydrogens (tertiary/aromatic N) is 2. The van der Waals surface area contributed by atoms with E-state index in [1.807, 2.05) is 0 Å². The summed E-state index contributed by atoms with van der Waals surface area (Å²) >= 11 is 0. The van der Waals surface area contributed by atoms with Gasteiger partial charge in [0.05, 0.1) is 6.61 Å². The van der Waals surface area contributed by atoms with Crippen LogP contribution >= 0.6 is 0 Å². The van der Waals surface area contributed by atoms with Crippen LogP contribution in [0.15, 0.2) is 12.3 Å². The second-order valence-electron chi connectivity index (χ2n) is 2.25. The van der Waals surface area contributed by atoms with Crippen molar-refractivity contribution >= 4 is 11.9 Å². The Bertz CT molecular complexity index is 331. The standard InChI is InChI=1S/C7H10N4O2/c1-2-13-6(12)5-3-4-11(10-5)7(8)9/h3-4H,2H2,1H3,(H3,8,9). The number of nitrogen functional groups attached to an aromatic ring is 1. The lowest BCUT2D eigenvalue weighted by Crippen LogP contribution is -2.21. The summed E-state index contributed by atoms with van der Waals surface area (Å²) in [6.45, 7) is 2.01. The molecule has 70 valence electrons. The van der Waals surface area contributed by atoms with Crippen molar-refractivity contribution in [3.8, 4) is 0 Å². The van der Waals surface area contributed by atoms with Crippen LogP contribution < -0.4 is 5.73 Å². The number of esters is 1. The summed E-state index contributed by atoms with van der Waals surface area (Å²) in [5, 5.41) is 10.7. The van der Waals surface area contributed by atoms with Gasteiger partial charge in [-0.05, 0) is 13.0 Å². The van der Waals surface area contributed by atoms with Gasteiger partial charge >= 0.3 is 5.97 Å². The number of aromatic nitrogens is 2. The number of hydrogen-bond donors (Lipinski definition) is 2. The molecule has 0 unspecified atom stereocenters. The highest BCUT2D eigenvalue weighted by atomic mass is 16.5. The van der Waals surface area contributed by atoms with Crippen molar-refractivity contribution < 1.29 is 9.53 Å². The number of carbonyl (C=O) groups is 1. The van der Waals surface area contributed by atoms with Gasteiger partial charge in [0.2, 0.25) is 5.96 Å². The van der Waals surface area contributed by atoms with Gasteiger partial charge in [-0.1, -0.05) is 0 Å². The van der Waals surface area contributed by atoms with Gasteiger partial charge in [-0.25, -0.2) is 9.48 Å². The fourth-order valence-corrected chi connectivity index (χ4v) is 0.772. The van der Waals surface area contributed by atoms with E-state index in [9.17, 15) is 4.79 Å². The Morgan fingerprint density at radius 3 is 3.00 bits per heavy atom. The number of rotatable bonds is 2. The van der Waals surface area contributed by atoms with Gasteiger partial charge in [0.1, 0.15) is 0 Å². The minimum atomic E-state index is -0.512. The van der Waals surface area contributed by atoms with Crippen LogP contribution in [-0.4, -0.2) is 28.3 Å². The summed E-state index contributed by atoms with van der Waals surface area (Å²) in [5.74, 6) is -0.752. The summed E-state index contributed by atoms with van der Waals surface area (Å²) < 4.78 is 5.78. The molecule has 1 rings (SSSR count). The Morgan fingerprint density at radius 1 is 1.85 bits per heavy atom. The minimum Gasteiger partial charge on any atom is -0.461 e. The van der Waals surface area contributed by atoms with Crippen molar-refractivity contribution in [2.24, 2.45) is 5.73 Å². The zero-order valence-corrected chi connectivity index (χ0v) is 7.15. The molecule has 13 heavy (non-hydrogen) atoms. The van der Waals surface area contributed by atoms with Gasteiger partial charge in [-0.2, -0.15) is 5.10 Å². The van der Waals surface area contributed by atoms with Gasteiger partial charge in [0, 0.05) is 6.20 Å². The molecule has 0 radical (unpaired) electrons. The summed E-state index contributed by atoms with van der Waals surface area (Å²) in [6.07, 6.45) is 1.43. The predicted octanol–water partition coefficient (Wildman–Crippen LogP) is -0.199. The molecule has 6 nitrogen and oxygen atoms in total. The van der Waals surface area contributed by atoms with Gasteiger partial charge in [-0.15, -0.1) is 0 Å². The van der Waals surface area contributed by atoms with E-state index in [2.05, 4.69) is 5.10 Å². The Labute approximate surface area is 74.8 Å². The molecule has 1 aromatic heterocycles. The number of hydrogen-bond acceptors (Lipinski definition) is 4. The zero-order chi connectivity index (χ0) is 9.84. The molecule has 3 N–H and O–H groups in total. The van der Waals surface area contributed by atoms with Crippen molar-refractivity contribution in [3.05, 3.63) is 18.0 Å². The molecule has 0 fully saturated rings. The summed E-state index contributed by atoms with van der Waals surface area (Å²) in [6, 6.07) is 1.44. The average molecular weight is 182 g/mol. The van der Waals surface area contributed by atoms with Crippen molar-refractivity contribution in [1.29, 1.82) is 5.41 Å². The molecule has 0 aromatic carbocycles. The van der Waals surface area contributed by atoms with Crippen LogP contribution in [0.4, 0.5) is 0 Å². The van der Waals surface area contributed by atoms with Crippen molar-refractivity contribution in [1.82, 2.24) is 9.78 Å². The number of ether oxygens (including phenoxy) is 1. The molecule has 6 heteroatoms. The molecule has 0 saturated heterocycles. The highest BCUT2D eigenvalue weighted by molar-refractivity contribution is 5.88. The van der Waals surface area contributed by atoms with Gasteiger partial charge in [0.25, 0.3) is 0 Å². The largest absolute Gasteiger partial charge is 0.461 e. The van der Waals surface area contributed by atoms with Crippen LogP contribution in [0.1, 0.15) is 17.4 Å². The third-order valence-electron chi connectivity index (χ3n) is 1.32. The number of nitrogens with one attached hydrogen (secondary N) is 1. The molecule has 0 saturated carbocycles. The second kappa shape index (κ2) is 3.70. The molecule has 1 heterocycles. The van der Waals surface area contributed by atoms with Crippen LogP contribution in [0.25, 0.3) is 0 Å². The van der Waals surface area contributed by atoms with Gasteiger partial charge in [0.15, 0.2) is 5.69 Å². The minimum absolute atomic E-state index is 0.150. The zero-order valence-electron chi connectivity index (χ0n) is 7.15. The highest BCUT2D eigenvalue weighted by Crippen LogP contribution is 1.97. The normalized spacial score (nSPS) is 9.62. The SMILES string of the molecule is CCOC(=O)c1ccn(C(=N)N)n1. The molecular formula is C7H10N4O2. The van der Waals surface area contributed by atoms with E-state index < -0.39 is 5.97 Å². The highest BCUT2D eigenvalue weighted by Gasteiger charge is 2.10. The maximum Gasteiger partial charge on any atom is 0.358 e. The third kappa shape index (κ3) is 2.05. The Balaban J connectivity index is 2.79. The van der Waals surface area contributed by atoms with Crippen LogP contribution in [0, 0.1) is 5.41 Å². The first kappa shape index (κ1) is 9.24. The van der Waals surface area contributed by atoms with Crippen molar-refractivity contribution in [3.63, 3.8) is 0 Å². The van der Waals surface area contributed by atoms with Crippen molar-refractivity contribution in [2.45, 2.75) is 6.92 Å². The summed E-state index contributed by atoms with van der Waals surface area (Å²) in [5.41, 5.74) is 5.28. The summed E-state index contributed by atoms with van der Waals surface area (Å²) in [4.78, 5) is 11.1. The van der Waals surface area contributed by atoms with E-state index >= 15 is 0 Å². The topological polar surface area (TPSA) is 94.0 Å².